The second-order valence-electron chi connectivity index (χ2n) is 14.0. The molecule has 39 heavy (non-hydrogen) atoms. The van der Waals surface area contributed by atoms with Crippen LogP contribution in [-0.2, 0) is 0 Å². The monoisotopic (exact) mass is 616 g/mol. The van der Waals surface area contributed by atoms with Gasteiger partial charge in [-0.05, 0) is 12.8 Å². The predicted octanol–water partition coefficient (Wildman–Crippen LogP) is 10.2. The Morgan fingerprint density at radius 3 is 0.564 bits per heavy atom. The van der Waals surface area contributed by atoms with Crippen LogP contribution in [0.3, 0.4) is 0 Å². The lowest BCUT2D eigenvalue weighted by atomic mass is 10.0. The molecular weight excluding hydrogens is 538 g/mol. The van der Waals surface area contributed by atoms with Crippen molar-refractivity contribution < 1.29 is 21.5 Å². The molecule has 0 bridgehead atoms. The second-order valence-corrected chi connectivity index (χ2v) is 14.0. The molecule has 0 unspecified atom stereocenters. The number of hydrogen-bond donors (Lipinski definition) is 0. The molecule has 238 valence electrons. The van der Waals surface area contributed by atoms with E-state index in [4.69, 9.17) is 0 Å². The summed E-state index contributed by atoms with van der Waals surface area (Å²) in [7, 11) is 6.93. The predicted molar refractivity (Wildman–Crippen MR) is 176 cm³/mol. The third-order valence-corrected chi connectivity index (χ3v) is 8.68. The Kier molecular flexibility index (Phi) is 36.9. The van der Waals surface area contributed by atoms with Crippen LogP contribution in [0.15, 0.2) is 0 Å². The van der Waals surface area contributed by atoms with E-state index in [9.17, 15) is 0 Å². The Bertz CT molecular complexity index is 416. The van der Waals surface area contributed by atoms with Crippen molar-refractivity contribution in [2.45, 2.75) is 212 Å². The standard InChI is InChI=1S/C37H78N.BrH/c1-5-6-7-8-9-10-11-12-13-14-15-16-17-18-19-20-21-22-23-24-25-26-27-28-29-30-31-32-33-34-35-36-37-38(2,3)4;/h5-37H2,1-4H3;1H/q+1;/p-1. The Hall–Kier alpha value is 0.440. The minimum Gasteiger partial charge on any atom is -1.00 e. The molecule has 0 aliphatic heterocycles. The van der Waals surface area contributed by atoms with Crippen molar-refractivity contribution in [1.82, 2.24) is 0 Å². The third-order valence-electron chi connectivity index (χ3n) is 8.68. The van der Waals surface area contributed by atoms with Gasteiger partial charge in [0, 0.05) is 0 Å². The number of unbranched alkanes of at least 4 members (excludes halogenated alkanes) is 31. The first-order valence-corrected chi connectivity index (χ1v) is 18.4. The summed E-state index contributed by atoms with van der Waals surface area (Å²) in [4.78, 5) is 0. The second kappa shape index (κ2) is 34.6. The van der Waals surface area contributed by atoms with Crippen LogP contribution in [0.1, 0.15) is 212 Å². The molecule has 0 amide bonds. The van der Waals surface area contributed by atoms with E-state index in [1.165, 1.54) is 212 Å². The molecule has 0 aliphatic rings. The van der Waals surface area contributed by atoms with Crippen molar-refractivity contribution in [2.75, 3.05) is 27.7 Å². The fourth-order valence-electron chi connectivity index (χ4n) is 5.96. The van der Waals surface area contributed by atoms with Crippen molar-refractivity contribution >= 4 is 0 Å². The van der Waals surface area contributed by atoms with E-state index in [1.807, 2.05) is 0 Å². The molecular formula is C37H78BrN. The van der Waals surface area contributed by atoms with Crippen molar-refractivity contribution in [3.63, 3.8) is 0 Å². The third kappa shape index (κ3) is 40.6. The van der Waals surface area contributed by atoms with Crippen molar-refractivity contribution in [2.24, 2.45) is 0 Å². The van der Waals surface area contributed by atoms with Gasteiger partial charge in [-0.1, -0.05) is 200 Å². The number of rotatable bonds is 33. The van der Waals surface area contributed by atoms with Gasteiger partial charge in [-0.3, -0.25) is 0 Å². The molecule has 0 aromatic carbocycles. The zero-order chi connectivity index (χ0) is 27.8. The lowest BCUT2D eigenvalue weighted by molar-refractivity contribution is -0.870. The Labute approximate surface area is 260 Å². The van der Waals surface area contributed by atoms with E-state index in [-0.39, 0.29) is 17.0 Å². The highest BCUT2D eigenvalue weighted by molar-refractivity contribution is 4.52. The first-order chi connectivity index (χ1) is 18.6. The van der Waals surface area contributed by atoms with Gasteiger partial charge in [0.1, 0.15) is 0 Å². The molecule has 2 heteroatoms. The minimum atomic E-state index is 0. The lowest BCUT2D eigenvalue weighted by Crippen LogP contribution is -3.00. The fraction of sp³-hybridized carbons (Fsp3) is 1.00. The number of nitrogens with zero attached hydrogens (tertiary/aromatic N) is 1. The maximum absolute atomic E-state index is 2.31. The van der Waals surface area contributed by atoms with Crippen molar-refractivity contribution in [1.29, 1.82) is 0 Å². The Morgan fingerprint density at radius 2 is 0.410 bits per heavy atom. The highest BCUT2D eigenvalue weighted by Crippen LogP contribution is 2.16. The van der Waals surface area contributed by atoms with Crippen LogP contribution in [0, 0.1) is 0 Å². The summed E-state index contributed by atoms with van der Waals surface area (Å²) >= 11 is 0. The molecule has 0 aliphatic carbocycles. The normalized spacial score (nSPS) is 11.7. The van der Waals surface area contributed by atoms with E-state index in [1.54, 1.807) is 0 Å². The molecule has 1 nitrogen and oxygen atoms in total. The molecule has 0 heterocycles. The fourth-order valence-corrected chi connectivity index (χ4v) is 5.96. The summed E-state index contributed by atoms with van der Waals surface area (Å²) in [5.41, 5.74) is 0. The molecule has 0 saturated carbocycles. The van der Waals surface area contributed by atoms with Crippen LogP contribution >= 0.6 is 0 Å². The number of quaternary nitrogens is 1. The van der Waals surface area contributed by atoms with Crippen LogP contribution in [-0.4, -0.2) is 32.2 Å². The van der Waals surface area contributed by atoms with Gasteiger partial charge in [-0.2, -0.15) is 0 Å². The minimum absolute atomic E-state index is 0. The van der Waals surface area contributed by atoms with Gasteiger partial charge in [0.15, 0.2) is 0 Å². The Balaban J connectivity index is 0. The Morgan fingerprint density at radius 1 is 0.256 bits per heavy atom. The van der Waals surface area contributed by atoms with E-state index in [0.29, 0.717) is 0 Å². The average molecular weight is 617 g/mol. The van der Waals surface area contributed by atoms with Crippen LogP contribution in [0.4, 0.5) is 0 Å². The molecule has 0 radical (unpaired) electrons. The zero-order valence-electron chi connectivity index (χ0n) is 28.2. The number of halogens is 1. The smallest absolute Gasteiger partial charge is 0.0780 e. The molecule has 0 N–H and O–H groups in total. The SMILES string of the molecule is CCCCCCCCCCCCCCCCCCCCCCCCCCCCCCCCCC[N+](C)(C)C.[Br-]. The lowest BCUT2D eigenvalue weighted by Gasteiger charge is -2.23. The van der Waals surface area contributed by atoms with Crippen LogP contribution in [0.25, 0.3) is 0 Å². The van der Waals surface area contributed by atoms with Gasteiger partial charge in [0.25, 0.3) is 0 Å². The first-order valence-electron chi connectivity index (χ1n) is 18.4. The summed E-state index contributed by atoms with van der Waals surface area (Å²) in [5, 5.41) is 0. The van der Waals surface area contributed by atoms with Gasteiger partial charge in [0.05, 0.1) is 27.7 Å². The zero-order valence-corrected chi connectivity index (χ0v) is 29.7. The maximum Gasteiger partial charge on any atom is 0.0780 e. The van der Waals surface area contributed by atoms with Gasteiger partial charge in [0.2, 0.25) is 0 Å². The van der Waals surface area contributed by atoms with E-state index < -0.39 is 0 Å². The molecule has 0 aromatic rings. The maximum atomic E-state index is 2.31. The molecule has 0 spiro atoms. The largest absolute Gasteiger partial charge is 1.00 e. The quantitative estimate of drug-likeness (QED) is 0.0508. The van der Waals surface area contributed by atoms with Crippen molar-refractivity contribution in [3.8, 4) is 0 Å². The average Bonchev–Trinajstić information content (AvgIpc) is 2.88. The summed E-state index contributed by atoms with van der Waals surface area (Å²) in [5.74, 6) is 0. The highest BCUT2D eigenvalue weighted by Gasteiger charge is 2.05. The number of hydrogen-bond acceptors (Lipinski definition) is 0. The van der Waals surface area contributed by atoms with Crippen LogP contribution in [0.5, 0.6) is 0 Å². The molecule has 0 saturated heterocycles. The van der Waals surface area contributed by atoms with Crippen molar-refractivity contribution in [3.05, 3.63) is 0 Å². The van der Waals surface area contributed by atoms with E-state index in [2.05, 4.69) is 28.1 Å². The van der Waals surface area contributed by atoms with Gasteiger partial charge < -0.3 is 21.5 Å². The molecule has 0 fully saturated rings. The summed E-state index contributed by atoms with van der Waals surface area (Å²) in [6.07, 6.45) is 47.3. The molecule has 0 rings (SSSR count). The van der Waals surface area contributed by atoms with Crippen LogP contribution < -0.4 is 17.0 Å². The summed E-state index contributed by atoms with van der Waals surface area (Å²) < 4.78 is 1.12. The summed E-state index contributed by atoms with van der Waals surface area (Å²) in [6, 6.07) is 0. The van der Waals surface area contributed by atoms with Gasteiger partial charge in [-0.25, -0.2) is 0 Å². The van der Waals surface area contributed by atoms with E-state index in [0.717, 1.165) is 4.48 Å². The summed E-state index contributed by atoms with van der Waals surface area (Å²) in [6.45, 7) is 3.64. The molecule has 0 atom stereocenters. The van der Waals surface area contributed by atoms with Gasteiger partial charge in [-0.15, -0.1) is 0 Å². The van der Waals surface area contributed by atoms with Gasteiger partial charge >= 0.3 is 0 Å². The molecule has 0 aromatic heterocycles. The van der Waals surface area contributed by atoms with Crippen LogP contribution in [0.2, 0.25) is 0 Å². The topological polar surface area (TPSA) is 0 Å². The first kappa shape index (κ1) is 41.6. The van der Waals surface area contributed by atoms with E-state index >= 15 is 0 Å². The highest BCUT2D eigenvalue weighted by atomic mass is 79.9.